The summed E-state index contributed by atoms with van der Waals surface area (Å²) in [5.41, 5.74) is 0.702. The summed E-state index contributed by atoms with van der Waals surface area (Å²) in [6, 6.07) is 15.3. The largest absolute Gasteiger partial charge is 0.496 e. The van der Waals surface area contributed by atoms with Crippen LogP contribution in [0.4, 0.5) is 9.18 Å². The van der Waals surface area contributed by atoms with E-state index in [4.69, 9.17) is 28.4 Å². The fraction of sp³-hybridized carbons (Fsp3) is 0.412. The molecule has 1 fully saturated rings. The SMILES string of the molecule is COc1cccc(OC)c1CNC(=O)c1cc(C2CCN(C(=O)OC(C)(C)C)CC2COc2ccc3c(c2)OCO3)ccc1F. The molecule has 0 saturated carbocycles. The molecule has 0 spiro atoms. The van der Waals surface area contributed by atoms with Crippen LogP contribution in [0.1, 0.15) is 54.6 Å². The van der Waals surface area contributed by atoms with E-state index in [1.54, 1.807) is 53.4 Å². The molecular weight excluding hydrogens is 583 g/mol. The number of benzene rings is 3. The second-order valence-corrected chi connectivity index (χ2v) is 12.0. The van der Waals surface area contributed by atoms with Crippen molar-refractivity contribution < 1.29 is 42.4 Å². The van der Waals surface area contributed by atoms with E-state index in [0.717, 1.165) is 5.56 Å². The second kappa shape index (κ2) is 13.5. The highest BCUT2D eigenvalue weighted by atomic mass is 19.1. The van der Waals surface area contributed by atoms with Crippen molar-refractivity contribution in [2.75, 3.05) is 40.7 Å². The minimum atomic E-state index is -0.639. The number of carbonyl (C=O) groups is 2. The molecule has 2 heterocycles. The molecule has 11 heteroatoms. The molecule has 1 N–H and O–H groups in total. The van der Waals surface area contributed by atoms with Gasteiger partial charge in [0.2, 0.25) is 6.79 Å². The number of methoxy groups -OCH3 is 2. The Labute approximate surface area is 262 Å². The average molecular weight is 623 g/mol. The molecule has 3 aromatic carbocycles. The number of carbonyl (C=O) groups excluding carboxylic acids is 2. The monoisotopic (exact) mass is 622 g/mol. The quantitative estimate of drug-likeness (QED) is 0.314. The number of fused-ring (bicyclic) bond motifs is 1. The van der Waals surface area contributed by atoms with E-state index in [1.165, 1.54) is 20.3 Å². The lowest BCUT2D eigenvalue weighted by Gasteiger charge is -2.39. The van der Waals surface area contributed by atoms with Gasteiger partial charge in [0.1, 0.15) is 28.7 Å². The van der Waals surface area contributed by atoms with Gasteiger partial charge in [0.15, 0.2) is 11.5 Å². The van der Waals surface area contributed by atoms with Crippen molar-refractivity contribution in [3.05, 3.63) is 77.1 Å². The maximum atomic E-state index is 15.1. The maximum Gasteiger partial charge on any atom is 0.410 e. The van der Waals surface area contributed by atoms with Gasteiger partial charge in [-0.1, -0.05) is 12.1 Å². The summed E-state index contributed by atoms with van der Waals surface area (Å²) in [5.74, 6) is 1.42. The van der Waals surface area contributed by atoms with Gasteiger partial charge in [0.05, 0.1) is 38.5 Å². The molecule has 10 nitrogen and oxygen atoms in total. The molecule has 3 aromatic rings. The summed E-state index contributed by atoms with van der Waals surface area (Å²) in [6.07, 6.45) is 0.166. The lowest BCUT2D eigenvalue weighted by Crippen LogP contribution is -2.46. The van der Waals surface area contributed by atoms with Crippen molar-refractivity contribution in [2.24, 2.45) is 5.92 Å². The van der Waals surface area contributed by atoms with E-state index in [-0.39, 0.29) is 37.3 Å². The van der Waals surface area contributed by atoms with E-state index in [0.29, 0.717) is 53.8 Å². The van der Waals surface area contributed by atoms with Gasteiger partial charge in [-0.05, 0) is 75.1 Å². The highest BCUT2D eigenvalue weighted by molar-refractivity contribution is 5.94. The molecule has 0 radical (unpaired) electrons. The molecule has 5 rings (SSSR count). The Morgan fingerprint density at radius 3 is 2.44 bits per heavy atom. The van der Waals surface area contributed by atoms with Crippen LogP contribution < -0.4 is 29.0 Å². The lowest BCUT2D eigenvalue weighted by atomic mass is 9.80. The van der Waals surface area contributed by atoms with Gasteiger partial charge in [-0.3, -0.25) is 4.79 Å². The van der Waals surface area contributed by atoms with Gasteiger partial charge in [-0.25, -0.2) is 9.18 Å². The molecule has 2 atom stereocenters. The summed E-state index contributed by atoms with van der Waals surface area (Å²) in [7, 11) is 3.06. The molecule has 240 valence electrons. The van der Waals surface area contributed by atoms with Crippen molar-refractivity contribution in [1.29, 1.82) is 0 Å². The Hall–Kier alpha value is -4.67. The first-order chi connectivity index (χ1) is 21.6. The van der Waals surface area contributed by atoms with Crippen LogP contribution in [-0.4, -0.2) is 63.2 Å². The third kappa shape index (κ3) is 7.53. The van der Waals surface area contributed by atoms with Crippen LogP contribution in [0.5, 0.6) is 28.7 Å². The minimum absolute atomic E-state index is 0.0774. The van der Waals surface area contributed by atoms with Crippen LogP contribution in [0.25, 0.3) is 0 Å². The first-order valence-electron chi connectivity index (χ1n) is 14.8. The number of nitrogens with one attached hydrogen (secondary N) is 1. The normalized spacial score (nSPS) is 17.4. The van der Waals surface area contributed by atoms with Gasteiger partial charge in [-0.2, -0.15) is 0 Å². The number of hydrogen-bond donors (Lipinski definition) is 1. The molecule has 2 aliphatic rings. The molecule has 45 heavy (non-hydrogen) atoms. The molecule has 0 aliphatic carbocycles. The Balaban J connectivity index is 1.35. The van der Waals surface area contributed by atoms with Gasteiger partial charge >= 0.3 is 6.09 Å². The number of likely N-dealkylation sites (tertiary alicyclic amines) is 1. The van der Waals surface area contributed by atoms with E-state index in [1.807, 2.05) is 20.8 Å². The van der Waals surface area contributed by atoms with Crippen LogP contribution in [0.3, 0.4) is 0 Å². The van der Waals surface area contributed by atoms with Crippen molar-refractivity contribution in [1.82, 2.24) is 10.2 Å². The first kappa shape index (κ1) is 31.7. The van der Waals surface area contributed by atoms with E-state index in [2.05, 4.69) is 5.32 Å². The number of piperidine rings is 1. The Bertz CT molecular complexity index is 1520. The van der Waals surface area contributed by atoms with Crippen molar-refractivity contribution >= 4 is 12.0 Å². The van der Waals surface area contributed by atoms with E-state index < -0.39 is 23.4 Å². The lowest BCUT2D eigenvalue weighted by molar-refractivity contribution is 0.0111. The zero-order chi connectivity index (χ0) is 32.1. The summed E-state index contributed by atoms with van der Waals surface area (Å²) in [5, 5.41) is 2.80. The van der Waals surface area contributed by atoms with Crippen molar-refractivity contribution in [3.63, 3.8) is 0 Å². The smallest absolute Gasteiger partial charge is 0.410 e. The van der Waals surface area contributed by atoms with Crippen LogP contribution in [-0.2, 0) is 11.3 Å². The number of halogens is 1. The molecule has 2 aliphatic heterocycles. The van der Waals surface area contributed by atoms with E-state index in [9.17, 15) is 9.59 Å². The fourth-order valence-corrected chi connectivity index (χ4v) is 5.62. The summed E-state index contributed by atoms with van der Waals surface area (Å²) in [6.45, 7) is 6.77. The number of amides is 2. The number of rotatable bonds is 9. The van der Waals surface area contributed by atoms with Gasteiger partial charge in [-0.15, -0.1) is 0 Å². The standard InChI is InChI=1S/C34H39FN2O8/c1-34(2,3)45-33(39)37-14-13-24(22(18-37)19-42-23-10-12-30-31(16-23)44-20-43-30)21-9-11-27(35)25(15-21)32(38)36-17-26-28(40-4)7-6-8-29(26)41-5/h6-12,15-16,22,24H,13-14,17-20H2,1-5H3,(H,36,38). The zero-order valence-corrected chi connectivity index (χ0v) is 26.2. The maximum absolute atomic E-state index is 15.1. The van der Waals surface area contributed by atoms with Crippen LogP contribution >= 0.6 is 0 Å². The minimum Gasteiger partial charge on any atom is -0.496 e. The van der Waals surface area contributed by atoms with Crippen molar-refractivity contribution in [3.8, 4) is 28.7 Å². The highest BCUT2D eigenvalue weighted by Gasteiger charge is 2.35. The fourth-order valence-electron chi connectivity index (χ4n) is 5.62. The second-order valence-electron chi connectivity index (χ2n) is 12.0. The predicted octanol–water partition coefficient (Wildman–Crippen LogP) is 5.92. The third-order valence-corrected chi connectivity index (χ3v) is 7.81. The Morgan fingerprint density at radius 1 is 1.00 bits per heavy atom. The van der Waals surface area contributed by atoms with Crippen LogP contribution in [0, 0.1) is 11.7 Å². The summed E-state index contributed by atoms with van der Waals surface area (Å²) in [4.78, 5) is 27.9. The van der Waals surface area contributed by atoms with Crippen LogP contribution in [0.15, 0.2) is 54.6 Å². The van der Waals surface area contributed by atoms with Gasteiger partial charge in [0.25, 0.3) is 5.91 Å². The van der Waals surface area contributed by atoms with Gasteiger partial charge < -0.3 is 38.6 Å². The molecule has 2 unspecified atom stereocenters. The third-order valence-electron chi connectivity index (χ3n) is 7.81. The molecular formula is C34H39FN2O8. The van der Waals surface area contributed by atoms with E-state index >= 15 is 4.39 Å². The predicted molar refractivity (Wildman–Crippen MR) is 164 cm³/mol. The molecule has 0 bridgehead atoms. The molecule has 1 saturated heterocycles. The topological polar surface area (TPSA) is 105 Å². The summed E-state index contributed by atoms with van der Waals surface area (Å²) < 4.78 is 48.6. The van der Waals surface area contributed by atoms with Gasteiger partial charge in [0, 0.05) is 25.1 Å². The van der Waals surface area contributed by atoms with Crippen LogP contribution in [0.2, 0.25) is 0 Å². The summed E-state index contributed by atoms with van der Waals surface area (Å²) >= 11 is 0. The highest BCUT2D eigenvalue weighted by Crippen LogP contribution is 2.38. The molecule has 2 amide bonds. The zero-order valence-electron chi connectivity index (χ0n) is 26.2. The Morgan fingerprint density at radius 2 is 1.73 bits per heavy atom. The number of hydrogen-bond acceptors (Lipinski definition) is 8. The Kier molecular flexibility index (Phi) is 9.55. The van der Waals surface area contributed by atoms with Crippen molar-refractivity contribution in [2.45, 2.75) is 45.3 Å². The number of nitrogens with zero attached hydrogens (tertiary/aromatic N) is 1. The molecule has 0 aromatic heterocycles. The number of ether oxygens (including phenoxy) is 6. The average Bonchev–Trinajstić information content (AvgIpc) is 3.50. The first-order valence-corrected chi connectivity index (χ1v) is 14.8.